The van der Waals surface area contributed by atoms with Crippen LogP contribution in [0.3, 0.4) is 0 Å². The molecule has 1 N–H and O–H groups in total. The smallest absolute Gasteiger partial charge is 0.325 e. The fourth-order valence-electron chi connectivity index (χ4n) is 3.04. The molecule has 8 heteroatoms. The molecule has 0 atom stereocenters. The van der Waals surface area contributed by atoms with Crippen LogP contribution >= 0.6 is 0 Å². The Kier molecular flexibility index (Phi) is 5.00. The van der Waals surface area contributed by atoms with Crippen LogP contribution in [0, 0.1) is 6.92 Å². The number of carbonyl (C=O) groups is 2. The molecule has 0 unspecified atom stereocenters. The van der Waals surface area contributed by atoms with E-state index in [2.05, 4.69) is 15.1 Å². The normalized spacial score (nSPS) is 11.3. The van der Waals surface area contributed by atoms with Crippen LogP contribution in [0.1, 0.15) is 28.8 Å². The zero-order chi connectivity index (χ0) is 19.7. The molecule has 2 heterocycles. The van der Waals surface area contributed by atoms with E-state index in [4.69, 9.17) is 0 Å². The Morgan fingerprint density at radius 2 is 1.85 bits per heavy atom. The van der Waals surface area contributed by atoms with Crippen LogP contribution in [0.5, 0.6) is 0 Å². The summed E-state index contributed by atoms with van der Waals surface area (Å²) in [4.78, 5) is 33.8. The van der Waals surface area contributed by atoms with E-state index in [-0.39, 0.29) is 18.0 Å². The highest BCUT2D eigenvalue weighted by Crippen LogP contribution is 2.31. The Labute approximate surface area is 156 Å². The van der Waals surface area contributed by atoms with Gasteiger partial charge in [-0.1, -0.05) is 0 Å². The highest BCUT2D eigenvalue weighted by atomic mass is 16.4. The van der Waals surface area contributed by atoms with Crippen molar-refractivity contribution in [2.75, 3.05) is 14.1 Å². The molecule has 3 aromatic rings. The summed E-state index contributed by atoms with van der Waals surface area (Å²) < 4.78 is 1.36. The number of rotatable bonds is 6. The Morgan fingerprint density at radius 1 is 1.19 bits per heavy atom. The topological polar surface area (TPSA) is 101 Å². The molecule has 0 bridgehead atoms. The number of aromatic nitrogens is 4. The van der Waals surface area contributed by atoms with E-state index in [9.17, 15) is 14.7 Å². The standard InChI is InChI=1S/C19H21N5O3/c1-11(25)19-16-6-15(14-7-20-12(2)21-8-14)13(9-23(3)4)5-17(16)24(22-19)10-18(26)27/h5-8H,9-10H2,1-4H3,(H,26,27). The van der Waals surface area contributed by atoms with Gasteiger partial charge in [0.2, 0.25) is 0 Å². The quantitative estimate of drug-likeness (QED) is 0.666. The first kappa shape index (κ1) is 18.7. The summed E-state index contributed by atoms with van der Waals surface area (Å²) >= 11 is 0. The summed E-state index contributed by atoms with van der Waals surface area (Å²) in [5, 5.41) is 14.0. The fraction of sp³-hybridized carbons (Fsp3) is 0.316. The third kappa shape index (κ3) is 3.85. The monoisotopic (exact) mass is 367 g/mol. The van der Waals surface area contributed by atoms with Gasteiger partial charge in [-0.25, -0.2) is 9.97 Å². The van der Waals surface area contributed by atoms with Crippen LogP contribution in [0.25, 0.3) is 22.0 Å². The largest absolute Gasteiger partial charge is 0.480 e. The number of benzene rings is 1. The van der Waals surface area contributed by atoms with Gasteiger partial charge in [-0.2, -0.15) is 5.10 Å². The van der Waals surface area contributed by atoms with E-state index >= 15 is 0 Å². The first-order valence-electron chi connectivity index (χ1n) is 8.46. The van der Waals surface area contributed by atoms with E-state index in [1.54, 1.807) is 12.4 Å². The molecule has 8 nitrogen and oxygen atoms in total. The summed E-state index contributed by atoms with van der Waals surface area (Å²) in [6.45, 7) is 3.57. The van der Waals surface area contributed by atoms with Crippen molar-refractivity contribution >= 4 is 22.7 Å². The van der Waals surface area contributed by atoms with Crippen LogP contribution in [0.2, 0.25) is 0 Å². The van der Waals surface area contributed by atoms with Gasteiger partial charge < -0.3 is 10.0 Å². The fourth-order valence-corrected chi connectivity index (χ4v) is 3.04. The third-order valence-electron chi connectivity index (χ3n) is 4.17. The lowest BCUT2D eigenvalue weighted by Gasteiger charge is -2.15. The molecule has 0 saturated carbocycles. The number of Topliss-reactive ketones (excluding diaryl/α,β-unsaturated/α-hetero) is 1. The molecule has 0 amide bonds. The predicted molar refractivity (Wildman–Crippen MR) is 101 cm³/mol. The maximum absolute atomic E-state index is 12.1. The van der Waals surface area contributed by atoms with Gasteiger partial charge in [0.1, 0.15) is 18.1 Å². The SMILES string of the molecule is CC(=O)c1nn(CC(=O)O)c2cc(CN(C)C)c(-c3cnc(C)nc3)cc12. The summed E-state index contributed by atoms with van der Waals surface area (Å²) in [5.41, 5.74) is 3.59. The lowest BCUT2D eigenvalue weighted by atomic mass is 9.98. The number of aliphatic carboxylic acids is 1. The molecule has 0 aliphatic heterocycles. The van der Waals surface area contributed by atoms with Gasteiger partial charge in [0.05, 0.1) is 5.52 Å². The van der Waals surface area contributed by atoms with Crippen LogP contribution in [0.15, 0.2) is 24.5 Å². The lowest BCUT2D eigenvalue weighted by molar-refractivity contribution is -0.137. The highest BCUT2D eigenvalue weighted by Gasteiger charge is 2.19. The van der Waals surface area contributed by atoms with Crippen LogP contribution in [-0.2, 0) is 17.9 Å². The molecular formula is C19H21N5O3. The van der Waals surface area contributed by atoms with Crippen molar-refractivity contribution in [1.82, 2.24) is 24.6 Å². The molecule has 140 valence electrons. The summed E-state index contributed by atoms with van der Waals surface area (Å²) in [6, 6.07) is 3.77. The minimum absolute atomic E-state index is 0.212. The van der Waals surface area contributed by atoms with E-state index in [1.165, 1.54) is 11.6 Å². The first-order chi connectivity index (χ1) is 12.8. The average Bonchev–Trinajstić information content (AvgIpc) is 2.92. The molecular weight excluding hydrogens is 346 g/mol. The molecule has 27 heavy (non-hydrogen) atoms. The maximum atomic E-state index is 12.1. The van der Waals surface area contributed by atoms with Crippen molar-refractivity contribution in [1.29, 1.82) is 0 Å². The van der Waals surface area contributed by atoms with Gasteiger partial charge in [-0.05, 0) is 44.3 Å². The average molecular weight is 367 g/mol. The zero-order valence-electron chi connectivity index (χ0n) is 15.7. The summed E-state index contributed by atoms with van der Waals surface area (Å²) in [5.74, 6) is -0.553. The predicted octanol–water partition coefficient (Wildman–Crippen LogP) is 2.15. The first-order valence-corrected chi connectivity index (χ1v) is 8.46. The Hall–Kier alpha value is -3.13. The molecule has 0 radical (unpaired) electrons. The Bertz CT molecular complexity index is 1020. The van der Waals surface area contributed by atoms with Gasteiger partial charge in [0.15, 0.2) is 5.78 Å². The zero-order valence-corrected chi connectivity index (χ0v) is 15.7. The molecule has 0 fully saturated rings. The van der Waals surface area contributed by atoms with Crippen molar-refractivity contribution in [3.8, 4) is 11.1 Å². The molecule has 0 saturated heterocycles. The Morgan fingerprint density at radius 3 is 2.41 bits per heavy atom. The molecule has 0 aliphatic carbocycles. The second kappa shape index (κ2) is 7.24. The number of aryl methyl sites for hydroxylation is 1. The van der Waals surface area contributed by atoms with Gasteiger partial charge >= 0.3 is 5.97 Å². The number of hydrogen-bond donors (Lipinski definition) is 1. The summed E-state index contributed by atoms with van der Waals surface area (Å²) in [7, 11) is 3.91. The van der Waals surface area contributed by atoms with Crippen molar-refractivity contribution in [3.05, 3.63) is 41.6 Å². The second-order valence-corrected chi connectivity index (χ2v) is 6.74. The van der Waals surface area contributed by atoms with Crippen LogP contribution in [0.4, 0.5) is 0 Å². The van der Waals surface area contributed by atoms with Crippen LogP contribution < -0.4 is 0 Å². The van der Waals surface area contributed by atoms with Gasteiger partial charge in [0.25, 0.3) is 0 Å². The van der Waals surface area contributed by atoms with E-state index in [1.807, 2.05) is 38.1 Å². The number of nitrogens with zero attached hydrogens (tertiary/aromatic N) is 5. The van der Waals surface area contributed by atoms with Gasteiger partial charge in [0, 0.05) is 36.8 Å². The summed E-state index contributed by atoms with van der Waals surface area (Å²) in [6.07, 6.45) is 3.50. The molecule has 3 rings (SSSR count). The number of fused-ring (bicyclic) bond motifs is 1. The van der Waals surface area contributed by atoms with Crippen LogP contribution in [-0.4, -0.2) is 55.6 Å². The van der Waals surface area contributed by atoms with Gasteiger partial charge in [-0.15, -0.1) is 0 Å². The van der Waals surface area contributed by atoms with Crippen molar-refractivity contribution in [3.63, 3.8) is 0 Å². The molecule has 0 aliphatic rings. The number of carboxylic acids is 1. The third-order valence-corrected chi connectivity index (χ3v) is 4.17. The highest BCUT2D eigenvalue weighted by molar-refractivity contribution is 6.06. The molecule has 2 aromatic heterocycles. The number of ketones is 1. The molecule has 1 aromatic carbocycles. The van der Waals surface area contributed by atoms with E-state index in [0.717, 1.165) is 16.7 Å². The van der Waals surface area contributed by atoms with E-state index in [0.29, 0.717) is 23.3 Å². The minimum atomic E-state index is -1.01. The van der Waals surface area contributed by atoms with Crippen molar-refractivity contribution in [2.24, 2.45) is 0 Å². The maximum Gasteiger partial charge on any atom is 0.325 e. The molecule has 0 spiro atoms. The second-order valence-electron chi connectivity index (χ2n) is 6.74. The van der Waals surface area contributed by atoms with E-state index < -0.39 is 5.97 Å². The van der Waals surface area contributed by atoms with Gasteiger partial charge in [-0.3, -0.25) is 14.3 Å². The van der Waals surface area contributed by atoms with Crippen molar-refractivity contribution in [2.45, 2.75) is 26.9 Å². The number of hydrogen-bond acceptors (Lipinski definition) is 6. The lowest BCUT2D eigenvalue weighted by Crippen LogP contribution is -2.13. The number of carboxylic acid groups (broad SMARTS) is 1. The minimum Gasteiger partial charge on any atom is -0.480 e. The number of carbonyl (C=O) groups excluding carboxylic acids is 1. The Balaban J connectivity index is 2.30. The van der Waals surface area contributed by atoms with Crippen molar-refractivity contribution < 1.29 is 14.7 Å².